The first-order chi connectivity index (χ1) is 12.2. The van der Waals surface area contributed by atoms with E-state index >= 15 is 0 Å². The Hall–Kier alpha value is -1.44. The van der Waals surface area contributed by atoms with Crippen molar-refractivity contribution in [3.63, 3.8) is 0 Å². The lowest BCUT2D eigenvalue weighted by Gasteiger charge is -2.28. The lowest BCUT2D eigenvalue weighted by Crippen LogP contribution is -2.39. The first-order valence-corrected chi connectivity index (χ1v) is 10.7. The second-order valence-corrected chi connectivity index (χ2v) is 10.1. The fourth-order valence-corrected chi connectivity index (χ4v) is 5.14. The van der Waals surface area contributed by atoms with Crippen molar-refractivity contribution in [1.29, 1.82) is 0 Å². The van der Waals surface area contributed by atoms with E-state index in [2.05, 4.69) is 10.6 Å². The van der Waals surface area contributed by atoms with Crippen LogP contribution < -0.4 is 10.6 Å². The molecule has 2 saturated heterocycles. The molecule has 0 saturated carbocycles. The van der Waals surface area contributed by atoms with E-state index in [0.717, 1.165) is 24.0 Å². The quantitative estimate of drug-likeness (QED) is 0.823. The van der Waals surface area contributed by atoms with Crippen LogP contribution in [0.3, 0.4) is 0 Å². The van der Waals surface area contributed by atoms with Crippen molar-refractivity contribution in [1.82, 2.24) is 9.62 Å². The van der Waals surface area contributed by atoms with Crippen molar-refractivity contribution < 1.29 is 13.2 Å². The highest BCUT2D eigenvalue weighted by atomic mass is 32.2. The van der Waals surface area contributed by atoms with Crippen LogP contribution in [0.1, 0.15) is 43.2 Å². The van der Waals surface area contributed by atoms with Crippen LogP contribution in [-0.2, 0) is 14.8 Å². The molecule has 0 aliphatic carbocycles. The van der Waals surface area contributed by atoms with Gasteiger partial charge in [0.15, 0.2) is 0 Å². The Bertz CT molecular complexity index is 792. The molecular weight excluding hydrogens is 350 g/mol. The fourth-order valence-electron chi connectivity index (χ4n) is 4.12. The summed E-state index contributed by atoms with van der Waals surface area (Å²) >= 11 is 0. The molecule has 2 atom stereocenters. The highest BCUT2D eigenvalue weighted by molar-refractivity contribution is 7.89. The maximum atomic E-state index is 12.6. The monoisotopic (exact) mass is 379 g/mol. The van der Waals surface area contributed by atoms with Gasteiger partial charge in [-0.25, -0.2) is 12.7 Å². The van der Waals surface area contributed by atoms with Crippen LogP contribution in [-0.4, -0.2) is 44.8 Å². The topological polar surface area (TPSA) is 78.5 Å². The summed E-state index contributed by atoms with van der Waals surface area (Å²) in [5.41, 5.74) is 2.34. The van der Waals surface area contributed by atoms with E-state index in [-0.39, 0.29) is 10.8 Å². The zero-order chi connectivity index (χ0) is 19.1. The number of benzene rings is 1. The number of anilines is 1. The number of carbonyl (C=O) groups is 1. The molecule has 2 unspecified atom stereocenters. The number of piperidine rings is 1. The molecule has 7 heteroatoms. The molecule has 3 rings (SSSR count). The van der Waals surface area contributed by atoms with E-state index in [0.29, 0.717) is 30.1 Å². The average Bonchev–Trinajstić information content (AvgIpc) is 2.89. The highest BCUT2D eigenvalue weighted by Gasteiger charge is 2.34. The Balaban J connectivity index is 1.74. The number of aryl methyl sites for hydroxylation is 1. The maximum absolute atomic E-state index is 12.6. The Kier molecular flexibility index (Phi) is 5.42. The van der Waals surface area contributed by atoms with Gasteiger partial charge in [-0.2, -0.15) is 0 Å². The van der Waals surface area contributed by atoms with Crippen LogP contribution in [0.15, 0.2) is 17.0 Å². The summed E-state index contributed by atoms with van der Waals surface area (Å²) in [6.07, 6.45) is 5.03. The number of hydrogen-bond acceptors (Lipinski definition) is 4. The van der Waals surface area contributed by atoms with Gasteiger partial charge in [-0.3, -0.25) is 4.79 Å². The van der Waals surface area contributed by atoms with Crippen LogP contribution >= 0.6 is 0 Å². The predicted molar refractivity (Wildman–Crippen MR) is 103 cm³/mol. The third-order valence-corrected chi connectivity index (χ3v) is 7.53. The van der Waals surface area contributed by atoms with Crippen LogP contribution in [0, 0.1) is 19.8 Å². The summed E-state index contributed by atoms with van der Waals surface area (Å²) in [7, 11) is -0.518. The average molecular weight is 380 g/mol. The van der Waals surface area contributed by atoms with Crippen molar-refractivity contribution in [3.05, 3.63) is 23.3 Å². The summed E-state index contributed by atoms with van der Waals surface area (Å²) in [6, 6.07) is 4.35. The minimum absolute atomic E-state index is 0.0294. The summed E-state index contributed by atoms with van der Waals surface area (Å²) in [6.45, 7) is 3.77. The van der Waals surface area contributed by atoms with Crippen molar-refractivity contribution in [3.8, 4) is 0 Å². The molecule has 0 aromatic heterocycles. The molecular formula is C19H29N3O3S. The van der Waals surface area contributed by atoms with E-state index in [4.69, 9.17) is 0 Å². The Morgan fingerprint density at radius 3 is 2.38 bits per heavy atom. The van der Waals surface area contributed by atoms with Gasteiger partial charge in [-0.05, 0) is 68.7 Å². The molecule has 1 aromatic carbocycles. The number of carbonyl (C=O) groups excluding carboxylic acids is 1. The van der Waals surface area contributed by atoms with Gasteiger partial charge < -0.3 is 10.6 Å². The van der Waals surface area contributed by atoms with Crippen molar-refractivity contribution in [2.24, 2.45) is 5.92 Å². The van der Waals surface area contributed by atoms with Gasteiger partial charge in [0, 0.05) is 38.3 Å². The number of nitrogens with zero attached hydrogens (tertiary/aromatic N) is 1. The Morgan fingerprint density at radius 2 is 1.81 bits per heavy atom. The molecule has 2 N–H and O–H groups in total. The molecule has 2 heterocycles. The van der Waals surface area contributed by atoms with Crippen molar-refractivity contribution in [2.45, 2.75) is 62.9 Å². The van der Waals surface area contributed by atoms with Crippen LogP contribution in [0.2, 0.25) is 0 Å². The van der Waals surface area contributed by atoms with Crippen LogP contribution in [0.5, 0.6) is 0 Å². The SMILES string of the molecule is Cc1cc(S(=O)(=O)N(C)C)cc(NC(=O)CC2CC3CCC(C2)N3)c1C. The second kappa shape index (κ2) is 7.29. The number of fused-ring (bicyclic) bond motifs is 2. The summed E-state index contributed by atoms with van der Waals surface area (Å²) < 4.78 is 26.1. The lowest BCUT2D eigenvalue weighted by atomic mass is 9.89. The van der Waals surface area contributed by atoms with E-state index in [9.17, 15) is 13.2 Å². The van der Waals surface area contributed by atoms with E-state index in [1.54, 1.807) is 12.1 Å². The van der Waals surface area contributed by atoms with Gasteiger partial charge in [-0.1, -0.05) is 0 Å². The Morgan fingerprint density at radius 1 is 1.19 bits per heavy atom. The van der Waals surface area contributed by atoms with Gasteiger partial charge in [0.1, 0.15) is 0 Å². The zero-order valence-corrected chi connectivity index (χ0v) is 16.8. The van der Waals surface area contributed by atoms with Crippen molar-refractivity contribution >= 4 is 21.6 Å². The molecule has 26 heavy (non-hydrogen) atoms. The minimum Gasteiger partial charge on any atom is -0.326 e. The fraction of sp³-hybridized carbons (Fsp3) is 0.632. The predicted octanol–water partition coefficient (Wildman–Crippen LogP) is 2.41. The van der Waals surface area contributed by atoms with E-state index in [1.165, 1.54) is 31.2 Å². The molecule has 6 nitrogen and oxygen atoms in total. The molecule has 1 amide bonds. The van der Waals surface area contributed by atoms with Gasteiger partial charge in [0.2, 0.25) is 15.9 Å². The summed E-state index contributed by atoms with van der Waals surface area (Å²) in [5, 5.41) is 6.55. The smallest absolute Gasteiger partial charge is 0.242 e. The third-order valence-electron chi connectivity index (χ3n) is 5.74. The van der Waals surface area contributed by atoms with Gasteiger partial charge >= 0.3 is 0 Å². The summed E-state index contributed by atoms with van der Waals surface area (Å²) in [4.78, 5) is 12.8. The van der Waals surface area contributed by atoms with E-state index < -0.39 is 10.0 Å². The normalized spacial score (nSPS) is 25.5. The maximum Gasteiger partial charge on any atom is 0.242 e. The largest absolute Gasteiger partial charge is 0.326 e. The first-order valence-electron chi connectivity index (χ1n) is 9.26. The number of rotatable bonds is 5. The standard InChI is InChI=1S/C19H29N3O3S/c1-12-7-17(26(24,25)22(3)4)11-18(13(12)2)21-19(23)10-14-8-15-5-6-16(9-14)20-15/h7,11,14-16,20H,5-6,8-10H2,1-4H3,(H,21,23). The molecule has 144 valence electrons. The van der Waals surface area contributed by atoms with Crippen LogP contribution in [0.25, 0.3) is 0 Å². The molecule has 0 spiro atoms. The lowest BCUT2D eigenvalue weighted by molar-refractivity contribution is -0.117. The Labute approximate surface area is 156 Å². The molecule has 1 aromatic rings. The number of nitrogens with one attached hydrogen (secondary N) is 2. The molecule has 2 bridgehead atoms. The van der Waals surface area contributed by atoms with E-state index in [1.807, 2.05) is 13.8 Å². The zero-order valence-electron chi connectivity index (χ0n) is 16.0. The molecule has 0 radical (unpaired) electrons. The van der Waals surface area contributed by atoms with Crippen LogP contribution in [0.4, 0.5) is 5.69 Å². The highest BCUT2D eigenvalue weighted by Crippen LogP contribution is 2.33. The molecule has 2 aliphatic rings. The summed E-state index contributed by atoms with van der Waals surface area (Å²) in [5.74, 6) is 0.377. The first kappa shape index (κ1) is 19.3. The van der Waals surface area contributed by atoms with Crippen molar-refractivity contribution in [2.75, 3.05) is 19.4 Å². The van der Waals surface area contributed by atoms with Gasteiger partial charge in [0.05, 0.1) is 4.90 Å². The molecule has 2 fully saturated rings. The van der Waals surface area contributed by atoms with Gasteiger partial charge in [-0.15, -0.1) is 0 Å². The number of sulfonamides is 1. The number of amides is 1. The molecule has 2 aliphatic heterocycles. The third kappa shape index (κ3) is 3.94. The second-order valence-electron chi connectivity index (χ2n) is 7.93. The van der Waals surface area contributed by atoms with Gasteiger partial charge in [0.25, 0.3) is 0 Å². The minimum atomic E-state index is -3.53. The number of hydrogen-bond donors (Lipinski definition) is 2.